The van der Waals surface area contributed by atoms with Gasteiger partial charge >= 0.3 is 0 Å². The van der Waals surface area contributed by atoms with E-state index in [1.807, 2.05) is 0 Å². The van der Waals surface area contributed by atoms with Gasteiger partial charge in [0, 0.05) is 0 Å². The van der Waals surface area contributed by atoms with Crippen LogP contribution < -0.4 is 5.32 Å². The van der Waals surface area contributed by atoms with Crippen LogP contribution >= 0.6 is 0 Å². The zero-order chi connectivity index (χ0) is 14.0. The molecule has 3 rings (SSSR count). The molecule has 2 heterocycles. The Bertz CT molecular complexity index is 619. The third-order valence-corrected chi connectivity index (χ3v) is 5.08. The van der Waals surface area contributed by atoms with Crippen molar-refractivity contribution < 1.29 is 13.2 Å². The van der Waals surface area contributed by atoms with Crippen LogP contribution in [0.5, 0.6) is 0 Å². The highest BCUT2D eigenvalue weighted by Crippen LogP contribution is 2.26. The number of nitrogens with zero attached hydrogens (tertiary/aromatic N) is 1. The quantitative estimate of drug-likeness (QED) is 0.918. The van der Waals surface area contributed by atoms with Crippen LogP contribution in [0, 0.1) is 5.92 Å². The van der Waals surface area contributed by atoms with Gasteiger partial charge in [-0.1, -0.05) is 12.1 Å². The lowest BCUT2D eigenvalue weighted by atomic mass is 9.97. The van der Waals surface area contributed by atoms with Crippen molar-refractivity contribution in [3.05, 3.63) is 29.8 Å². The van der Waals surface area contributed by atoms with Crippen molar-refractivity contribution in [1.29, 1.82) is 0 Å². The smallest absolute Gasteiger partial charge is 0.286 e. The van der Waals surface area contributed by atoms with E-state index in [2.05, 4.69) is 9.71 Å². The van der Waals surface area contributed by atoms with E-state index in [4.69, 9.17) is 4.74 Å². The number of fused-ring (bicyclic) bond motifs is 1. The van der Waals surface area contributed by atoms with Gasteiger partial charge in [-0.25, -0.2) is 0 Å². The van der Waals surface area contributed by atoms with Gasteiger partial charge < -0.3 is 10.1 Å². The van der Waals surface area contributed by atoms with Crippen LogP contribution in [0.2, 0.25) is 0 Å². The van der Waals surface area contributed by atoms with Gasteiger partial charge in [0.25, 0.3) is 10.0 Å². The molecule has 0 amide bonds. The summed E-state index contributed by atoms with van der Waals surface area (Å²) in [7, 11) is -3.56. The Balaban J connectivity index is 1.64. The van der Waals surface area contributed by atoms with Crippen molar-refractivity contribution in [1.82, 2.24) is 5.32 Å². The zero-order valence-electron chi connectivity index (χ0n) is 11.2. The highest BCUT2D eigenvalue weighted by atomic mass is 32.2. The van der Waals surface area contributed by atoms with Crippen molar-refractivity contribution in [2.24, 2.45) is 10.3 Å². The molecule has 108 valence electrons. The fourth-order valence-electron chi connectivity index (χ4n) is 2.67. The zero-order valence-corrected chi connectivity index (χ0v) is 12.0. The first-order valence-electron chi connectivity index (χ1n) is 6.95. The van der Waals surface area contributed by atoms with E-state index in [0.717, 1.165) is 19.5 Å². The molecule has 2 aliphatic rings. The van der Waals surface area contributed by atoms with E-state index in [0.29, 0.717) is 18.1 Å². The number of nitrogens with one attached hydrogen (secondary N) is 1. The van der Waals surface area contributed by atoms with Crippen molar-refractivity contribution in [3.63, 3.8) is 0 Å². The molecular formula is C14H18N2O3S. The van der Waals surface area contributed by atoms with E-state index in [1.165, 1.54) is 12.8 Å². The number of hydrogen-bond donors (Lipinski definition) is 1. The Morgan fingerprint density at radius 2 is 2.20 bits per heavy atom. The first kappa shape index (κ1) is 13.6. The van der Waals surface area contributed by atoms with Crippen molar-refractivity contribution in [2.75, 3.05) is 19.7 Å². The number of benzene rings is 1. The van der Waals surface area contributed by atoms with Crippen LogP contribution in [0.25, 0.3) is 0 Å². The summed E-state index contributed by atoms with van der Waals surface area (Å²) in [6, 6.07) is 6.79. The molecular weight excluding hydrogens is 276 g/mol. The highest BCUT2D eigenvalue weighted by Gasteiger charge is 2.29. The van der Waals surface area contributed by atoms with Crippen LogP contribution in [0.4, 0.5) is 0 Å². The largest absolute Gasteiger partial charge is 0.477 e. The molecule has 0 aliphatic carbocycles. The van der Waals surface area contributed by atoms with Crippen LogP contribution in [0.1, 0.15) is 24.8 Å². The minimum Gasteiger partial charge on any atom is -0.477 e. The molecule has 0 radical (unpaired) electrons. The van der Waals surface area contributed by atoms with Crippen LogP contribution in [0.15, 0.2) is 33.6 Å². The minimum atomic E-state index is -3.56. The summed E-state index contributed by atoms with van der Waals surface area (Å²) in [5.74, 6) is 0.849. The maximum absolute atomic E-state index is 11.9. The van der Waals surface area contributed by atoms with Crippen LogP contribution in [-0.2, 0) is 14.8 Å². The average Bonchev–Trinajstić information content (AvgIpc) is 2.72. The van der Waals surface area contributed by atoms with E-state index in [1.54, 1.807) is 24.3 Å². The fourth-order valence-corrected chi connectivity index (χ4v) is 3.82. The molecule has 1 saturated heterocycles. The Hall–Kier alpha value is -1.40. The molecule has 1 atom stereocenters. The predicted octanol–water partition coefficient (Wildman–Crippen LogP) is 1.54. The second kappa shape index (κ2) is 5.54. The van der Waals surface area contributed by atoms with Gasteiger partial charge in [-0.3, -0.25) is 0 Å². The molecule has 1 aromatic carbocycles. The molecule has 0 spiro atoms. The van der Waals surface area contributed by atoms with Crippen molar-refractivity contribution in [3.8, 4) is 0 Å². The number of ether oxygens (including phenoxy) is 1. The predicted molar refractivity (Wildman–Crippen MR) is 76.3 cm³/mol. The summed E-state index contributed by atoms with van der Waals surface area (Å²) in [6.45, 7) is 2.62. The molecule has 6 heteroatoms. The van der Waals surface area contributed by atoms with E-state index < -0.39 is 10.0 Å². The lowest BCUT2D eigenvalue weighted by Gasteiger charge is -2.22. The van der Waals surface area contributed by atoms with Gasteiger partial charge in [0.15, 0.2) is 0 Å². The molecule has 20 heavy (non-hydrogen) atoms. The molecule has 0 saturated carbocycles. The van der Waals surface area contributed by atoms with Crippen LogP contribution in [0.3, 0.4) is 0 Å². The van der Waals surface area contributed by atoms with E-state index in [9.17, 15) is 8.42 Å². The number of hydrogen-bond acceptors (Lipinski definition) is 4. The first-order valence-corrected chi connectivity index (χ1v) is 8.39. The second-order valence-electron chi connectivity index (χ2n) is 5.22. The van der Waals surface area contributed by atoms with Gasteiger partial charge in [0.2, 0.25) is 5.90 Å². The lowest BCUT2D eigenvalue weighted by Crippen LogP contribution is -2.30. The molecule has 2 aliphatic heterocycles. The molecule has 5 nitrogen and oxygen atoms in total. The van der Waals surface area contributed by atoms with Gasteiger partial charge in [0.05, 0.1) is 12.2 Å². The minimum absolute atomic E-state index is 0.240. The highest BCUT2D eigenvalue weighted by molar-refractivity contribution is 7.90. The summed E-state index contributed by atoms with van der Waals surface area (Å²) in [5, 5.41) is 3.36. The number of rotatable bonds is 3. The normalized spacial score (nSPS) is 24.0. The number of sulfonamides is 1. The van der Waals surface area contributed by atoms with Gasteiger partial charge in [-0.2, -0.15) is 8.42 Å². The van der Waals surface area contributed by atoms with Crippen molar-refractivity contribution in [2.45, 2.75) is 24.2 Å². The molecule has 1 aromatic rings. The third-order valence-electron chi connectivity index (χ3n) is 3.76. The summed E-state index contributed by atoms with van der Waals surface area (Å²) in [4.78, 5) is 0.245. The Morgan fingerprint density at radius 1 is 1.35 bits per heavy atom. The summed E-state index contributed by atoms with van der Waals surface area (Å²) in [5.41, 5.74) is 0.578. The second-order valence-corrected chi connectivity index (χ2v) is 6.79. The standard InChI is InChI=1S/C14H18N2O3S/c17-20(18)13-6-2-1-5-12(13)14(16-20)19-9-7-11-4-3-8-15-10-11/h1-2,5-6,11,15H,3-4,7-10H2. The Labute approximate surface area is 119 Å². The SMILES string of the molecule is O=S1(=O)N=C(OCCC2CCCNC2)c2ccccc21. The lowest BCUT2D eigenvalue weighted by molar-refractivity contribution is 0.246. The van der Waals surface area contributed by atoms with Crippen LogP contribution in [-0.4, -0.2) is 34.0 Å². The summed E-state index contributed by atoms with van der Waals surface area (Å²) < 4.78 is 33.0. The monoisotopic (exact) mass is 294 g/mol. The van der Waals surface area contributed by atoms with E-state index in [-0.39, 0.29) is 10.8 Å². The average molecular weight is 294 g/mol. The Morgan fingerprint density at radius 3 is 3.00 bits per heavy atom. The van der Waals surface area contributed by atoms with Gasteiger partial charge in [-0.15, -0.1) is 4.40 Å². The summed E-state index contributed by atoms with van der Waals surface area (Å²) >= 11 is 0. The van der Waals surface area contributed by atoms with Crippen molar-refractivity contribution >= 4 is 15.9 Å². The van der Waals surface area contributed by atoms with E-state index >= 15 is 0 Å². The summed E-state index contributed by atoms with van der Waals surface area (Å²) in [6.07, 6.45) is 3.33. The van der Waals surface area contributed by atoms with Gasteiger partial charge in [0.1, 0.15) is 4.90 Å². The van der Waals surface area contributed by atoms with Gasteiger partial charge in [-0.05, 0) is 50.4 Å². The topological polar surface area (TPSA) is 67.8 Å². The Kier molecular flexibility index (Phi) is 3.76. The molecule has 1 unspecified atom stereocenters. The first-order chi connectivity index (χ1) is 9.67. The number of piperidine rings is 1. The molecule has 1 N–H and O–H groups in total. The third kappa shape index (κ3) is 2.71. The molecule has 0 bridgehead atoms. The fraction of sp³-hybridized carbons (Fsp3) is 0.500. The molecule has 1 fully saturated rings. The maximum atomic E-state index is 11.9. The molecule has 0 aromatic heterocycles. The maximum Gasteiger partial charge on any atom is 0.286 e.